The summed E-state index contributed by atoms with van der Waals surface area (Å²) < 4.78 is 5.49. The molecule has 1 N–H and O–H groups in total. The van der Waals surface area contributed by atoms with Crippen molar-refractivity contribution in [1.29, 1.82) is 0 Å². The van der Waals surface area contributed by atoms with Crippen molar-refractivity contribution in [2.45, 2.75) is 25.1 Å². The molecular weight excluding hydrogens is 218 g/mol. The van der Waals surface area contributed by atoms with Gasteiger partial charge in [0, 0.05) is 11.3 Å². The summed E-state index contributed by atoms with van der Waals surface area (Å²) in [5, 5.41) is 3.78. The fourth-order valence-electron chi connectivity index (χ4n) is 1.01. The first-order valence-electron chi connectivity index (χ1n) is 4.53. The van der Waals surface area contributed by atoms with Gasteiger partial charge in [-0.15, -0.1) is 0 Å². The molecule has 0 atom stereocenters. The monoisotopic (exact) mass is 233 g/mol. The molecule has 2 nitrogen and oxygen atoms in total. The van der Waals surface area contributed by atoms with E-state index in [0.29, 0.717) is 5.22 Å². The highest BCUT2D eigenvalue weighted by Crippen LogP contribution is 2.20. The van der Waals surface area contributed by atoms with Gasteiger partial charge < -0.3 is 9.73 Å². The zero-order valence-electron chi connectivity index (χ0n) is 8.76. The Morgan fingerprint density at radius 3 is 2.71 bits per heavy atom. The van der Waals surface area contributed by atoms with Gasteiger partial charge in [-0.3, -0.25) is 0 Å². The van der Waals surface area contributed by atoms with Crippen LogP contribution in [0.4, 0.5) is 0 Å². The van der Waals surface area contributed by atoms with Crippen LogP contribution in [0.25, 0.3) is 0 Å². The molecule has 0 saturated carbocycles. The second kappa shape index (κ2) is 5.10. The summed E-state index contributed by atoms with van der Waals surface area (Å²) in [4.78, 5) is 0. The molecule has 0 saturated heterocycles. The van der Waals surface area contributed by atoms with Crippen LogP contribution in [-0.4, -0.2) is 17.5 Å². The van der Waals surface area contributed by atoms with Crippen LogP contribution in [0.5, 0.6) is 0 Å². The van der Waals surface area contributed by atoms with E-state index in [4.69, 9.17) is 16.0 Å². The van der Waals surface area contributed by atoms with Crippen LogP contribution in [0.1, 0.15) is 19.6 Å². The second-order valence-corrected chi connectivity index (χ2v) is 5.66. The quantitative estimate of drug-likeness (QED) is 0.846. The van der Waals surface area contributed by atoms with Crippen molar-refractivity contribution in [3.63, 3.8) is 0 Å². The average molecular weight is 234 g/mol. The summed E-state index contributed by atoms with van der Waals surface area (Å²) in [5.41, 5.74) is 0. The van der Waals surface area contributed by atoms with Crippen LogP contribution in [0.3, 0.4) is 0 Å². The normalized spacial score (nSPS) is 12.0. The molecule has 4 heteroatoms. The summed E-state index contributed by atoms with van der Waals surface area (Å²) in [6, 6.07) is 3.65. The number of hydrogen-bond donors (Lipinski definition) is 1. The Bertz CT molecular complexity index is 285. The van der Waals surface area contributed by atoms with Gasteiger partial charge in [0.05, 0.1) is 6.54 Å². The van der Waals surface area contributed by atoms with Crippen molar-refractivity contribution in [1.82, 2.24) is 5.32 Å². The standard InChI is InChI=1S/C10H16ClNOS/c1-10(2,14-3)7-12-6-8-4-5-9(11)13-8/h4-5,12H,6-7H2,1-3H3. The molecule has 1 rings (SSSR count). The molecule has 0 aliphatic heterocycles. The largest absolute Gasteiger partial charge is 0.448 e. The van der Waals surface area contributed by atoms with Crippen molar-refractivity contribution in [2.75, 3.05) is 12.8 Å². The SMILES string of the molecule is CSC(C)(C)CNCc1ccc(Cl)o1. The van der Waals surface area contributed by atoms with Gasteiger partial charge in [-0.2, -0.15) is 11.8 Å². The molecule has 0 radical (unpaired) electrons. The molecule has 0 amide bonds. The maximum atomic E-state index is 5.66. The lowest BCUT2D eigenvalue weighted by Crippen LogP contribution is -2.31. The minimum Gasteiger partial charge on any atom is -0.448 e. The van der Waals surface area contributed by atoms with Crippen LogP contribution in [0.2, 0.25) is 5.22 Å². The average Bonchev–Trinajstić information content (AvgIpc) is 2.51. The van der Waals surface area contributed by atoms with Gasteiger partial charge in [0.25, 0.3) is 0 Å². The minimum atomic E-state index is 0.260. The summed E-state index contributed by atoms with van der Waals surface area (Å²) in [6.45, 7) is 6.10. The fourth-order valence-corrected chi connectivity index (χ4v) is 1.41. The molecule has 0 aliphatic carbocycles. The number of halogens is 1. The first-order valence-corrected chi connectivity index (χ1v) is 6.14. The molecule has 80 valence electrons. The van der Waals surface area contributed by atoms with E-state index in [-0.39, 0.29) is 4.75 Å². The molecular formula is C10H16ClNOS. The molecule has 0 aromatic carbocycles. The number of thioether (sulfide) groups is 1. The van der Waals surface area contributed by atoms with E-state index in [2.05, 4.69) is 25.4 Å². The predicted octanol–water partition coefficient (Wildman–Crippen LogP) is 3.16. The summed E-state index contributed by atoms with van der Waals surface area (Å²) >= 11 is 7.51. The van der Waals surface area contributed by atoms with Gasteiger partial charge in [0.15, 0.2) is 5.22 Å². The highest BCUT2D eigenvalue weighted by Gasteiger charge is 2.14. The van der Waals surface area contributed by atoms with Crippen LogP contribution >= 0.6 is 23.4 Å². The topological polar surface area (TPSA) is 25.2 Å². The number of hydrogen-bond acceptors (Lipinski definition) is 3. The molecule has 1 heterocycles. The maximum Gasteiger partial charge on any atom is 0.193 e. The summed E-state index contributed by atoms with van der Waals surface area (Å²) in [5.74, 6) is 0.881. The van der Waals surface area contributed by atoms with Crippen molar-refractivity contribution in [3.05, 3.63) is 23.1 Å². The third-order valence-electron chi connectivity index (χ3n) is 2.03. The third-order valence-corrected chi connectivity index (χ3v) is 3.48. The lowest BCUT2D eigenvalue weighted by Gasteiger charge is -2.21. The van der Waals surface area contributed by atoms with E-state index in [1.807, 2.05) is 17.8 Å². The minimum absolute atomic E-state index is 0.260. The van der Waals surface area contributed by atoms with Gasteiger partial charge in [-0.05, 0) is 43.8 Å². The maximum absolute atomic E-state index is 5.66. The van der Waals surface area contributed by atoms with Crippen molar-refractivity contribution >= 4 is 23.4 Å². The van der Waals surface area contributed by atoms with E-state index >= 15 is 0 Å². The first-order chi connectivity index (χ1) is 6.53. The van der Waals surface area contributed by atoms with E-state index < -0.39 is 0 Å². The van der Waals surface area contributed by atoms with E-state index in [0.717, 1.165) is 18.8 Å². The van der Waals surface area contributed by atoms with Gasteiger partial charge >= 0.3 is 0 Å². The lowest BCUT2D eigenvalue weighted by molar-refractivity contribution is 0.474. The fraction of sp³-hybridized carbons (Fsp3) is 0.600. The second-order valence-electron chi connectivity index (χ2n) is 3.77. The van der Waals surface area contributed by atoms with Crippen molar-refractivity contribution in [2.24, 2.45) is 0 Å². The van der Waals surface area contributed by atoms with Gasteiger partial charge in [0.2, 0.25) is 0 Å². The smallest absolute Gasteiger partial charge is 0.193 e. The van der Waals surface area contributed by atoms with Crippen molar-refractivity contribution < 1.29 is 4.42 Å². The summed E-state index contributed by atoms with van der Waals surface area (Å²) in [7, 11) is 0. The zero-order chi connectivity index (χ0) is 10.6. The molecule has 1 aromatic heterocycles. The number of rotatable bonds is 5. The molecule has 1 aromatic rings. The van der Waals surface area contributed by atoms with Crippen molar-refractivity contribution in [3.8, 4) is 0 Å². The Kier molecular flexibility index (Phi) is 4.35. The molecule has 14 heavy (non-hydrogen) atoms. The molecule has 0 aliphatic rings. The zero-order valence-corrected chi connectivity index (χ0v) is 10.3. The molecule has 0 fully saturated rings. The Morgan fingerprint density at radius 1 is 1.50 bits per heavy atom. The van der Waals surface area contributed by atoms with E-state index in [1.54, 1.807) is 6.07 Å². The Labute approximate surface area is 94.4 Å². The molecule has 0 unspecified atom stereocenters. The Hall–Kier alpha value is -0.120. The predicted molar refractivity (Wildman–Crippen MR) is 63.0 cm³/mol. The summed E-state index contributed by atoms with van der Waals surface area (Å²) in [6.07, 6.45) is 2.12. The lowest BCUT2D eigenvalue weighted by atomic mass is 10.2. The Balaban J connectivity index is 2.28. The highest BCUT2D eigenvalue weighted by atomic mass is 35.5. The van der Waals surface area contributed by atoms with Gasteiger partial charge in [-0.1, -0.05) is 0 Å². The van der Waals surface area contributed by atoms with Gasteiger partial charge in [0.1, 0.15) is 5.76 Å². The van der Waals surface area contributed by atoms with Crippen LogP contribution in [-0.2, 0) is 6.54 Å². The Morgan fingerprint density at radius 2 is 2.21 bits per heavy atom. The first kappa shape index (κ1) is 12.0. The number of furan rings is 1. The van der Waals surface area contributed by atoms with Gasteiger partial charge in [-0.25, -0.2) is 0 Å². The number of nitrogens with one attached hydrogen (secondary N) is 1. The molecule has 0 spiro atoms. The third kappa shape index (κ3) is 3.95. The highest BCUT2D eigenvalue weighted by molar-refractivity contribution is 7.99. The van der Waals surface area contributed by atoms with Crippen LogP contribution < -0.4 is 5.32 Å². The van der Waals surface area contributed by atoms with E-state index in [1.165, 1.54) is 0 Å². The van der Waals surface area contributed by atoms with E-state index in [9.17, 15) is 0 Å². The van der Waals surface area contributed by atoms with Crippen LogP contribution in [0, 0.1) is 0 Å². The molecule has 0 bridgehead atoms. The van der Waals surface area contributed by atoms with Crippen LogP contribution in [0.15, 0.2) is 16.5 Å².